The first kappa shape index (κ1) is 23.8. The number of pyridine rings is 1. The minimum absolute atomic E-state index is 0.0513. The van der Waals surface area contributed by atoms with Gasteiger partial charge in [0, 0.05) is 42.3 Å². The topological polar surface area (TPSA) is 88.8 Å². The summed E-state index contributed by atoms with van der Waals surface area (Å²) in [6.07, 6.45) is 4.36. The number of halogens is 1. The lowest BCUT2D eigenvalue weighted by molar-refractivity contribution is 0.0414. The Morgan fingerprint density at radius 3 is 2.85 bits per heavy atom. The highest BCUT2D eigenvalue weighted by molar-refractivity contribution is 6.36. The van der Waals surface area contributed by atoms with E-state index in [4.69, 9.17) is 27.1 Å². The van der Waals surface area contributed by atoms with Gasteiger partial charge in [-0.2, -0.15) is 0 Å². The summed E-state index contributed by atoms with van der Waals surface area (Å²) in [5, 5.41) is 1.64. The second-order valence-corrected chi connectivity index (χ2v) is 9.56. The van der Waals surface area contributed by atoms with Crippen LogP contribution in [0.3, 0.4) is 0 Å². The molecule has 2 atom stereocenters. The number of rotatable bonds is 5. The van der Waals surface area contributed by atoms with E-state index >= 15 is 0 Å². The molecule has 1 aromatic carbocycles. The highest BCUT2D eigenvalue weighted by Gasteiger charge is 2.31. The van der Waals surface area contributed by atoms with Crippen LogP contribution in [0.5, 0.6) is 0 Å². The number of fused-ring (bicyclic) bond motifs is 2. The van der Waals surface area contributed by atoms with Gasteiger partial charge in [0.25, 0.3) is 5.91 Å². The Kier molecular flexibility index (Phi) is 7.39. The zero-order chi connectivity index (χ0) is 23.5. The molecule has 0 bridgehead atoms. The van der Waals surface area contributed by atoms with Crippen molar-refractivity contribution in [3.8, 4) is 0 Å². The predicted molar refractivity (Wildman–Crippen MR) is 130 cm³/mol. The van der Waals surface area contributed by atoms with E-state index in [0.717, 1.165) is 59.3 Å². The molecule has 1 aliphatic carbocycles. The van der Waals surface area contributed by atoms with Gasteiger partial charge in [-0.15, -0.1) is 0 Å². The number of carbonyl (C=O) groups is 2. The number of aryl methyl sites for hydroxylation is 1. The Labute approximate surface area is 200 Å². The van der Waals surface area contributed by atoms with Crippen molar-refractivity contribution in [2.24, 2.45) is 11.7 Å². The summed E-state index contributed by atoms with van der Waals surface area (Å²) in [6, 6.07) is 5.49. The largest absolute Gasteiger partial charge is 0.449 e. The van der Waals surface area contributed by atoms with Gasteiger partial charge >= 0.3 is 6.09 Å². The Morgan fingerprint density at radius 1 is 1.30 bits per heavy atom. The molecule has 4 rings (SSSR count). The van der Waals surface area contributed by atoms with Gasteiger partial charge < -0.3 is 20.3 Å². The van der Waals surface area contributed by atoms with Gasteiger partial charge in [0.05, 0.1) is 17.1 Å². The fourth-order valence-corrected chi connectivity index (χ4v) is 5.29. The summed E-state index contributed by atoms with van der Waals surface area (Å²) >= 11 is 6.79. The van der Waals surface area contributed by atoms with Gasteiger partial charge in [-0.1, -0.05) is 24.6 Å². The minimum Gasteiger partial charge on any atom is -0.449 e. The Morgan fingerprint density at radius 2 is 2.12 bits per heavy atom. The summed E-state index contributed by atoms with van der Waals surface area (Å²) < 4.78 is 5.24. The maximum Gasteiger partial charge on any atom is 0.409 e. The number of carbonyl (C=O) groups excluding carboxylic acids is 2. The molecule has 2 aromatic rings. The molecule has 1 saturated heterocycles. The van der Waals surface area contributed by atoms with Crippen LogP contribution in [0.25, 0.3) is 10.9 Å². The van der Waals surface area contributed by atoms with Crippen LogP contribution in [0.1, 0.15) is 54.7 Å². The van der Waals surface area contributed by atoms with Gasteiger partial charge in [-0.3, -0.25) is 9.78 Å². The van der Waals surface area contributed by atoms with Crippen molar-refractivity contribution in [2.75, 3.05) is 32.8 Å². The molecule has 0 radical (unpaired) electrons. The van der Waals surface area contributed by atoms with Crippen LogP contribution in [-0.2, 0) is 17.6 Å². The van der Waals surface area contributed by atoms with Gasteiger partial charge in [-0.25, -0.2) is 4.79 Å². The van der Waals surface area contributed by atoms with Crippen LogP contribution >= 0.6 is 11.6 Å². The van der Waals surface area contributed by atoms with Crippen molar-refractivity contribution in [3.05, 3.63) is 40.0 Å². The highest BCUT2D eigenvalue weighted by atomic mass is 35.5. The molecule has 1 unspecified atom stereocenters. The van der Waals surface area contributed by atoms with Crippen molar-refractivity contribution in [2.45, 2.75) is 52.0 Å². The fraction of sp³-hybridized carbons (Fsp3) is 0.560. The van der Waals surface area contributed by atoms with Crippen LogP contribution in [0.2, 0.25) is 5.02 Å². The molecule has 1 aromatic heterocycles. The van der Waals surface area contributed by atoms with E-state index in [0.29, 0.717) is 44.3 Å². The third-order valence-corrected chi connectivity index (χ3v) is 7.21. The molecule has 7 nitrogen and oxygen atoms in total. The first-order chi connectivity index (χ1) is 15.9. The van der Waals surface area contributed by atoms with Crippen molar-refractivity contribution in [1.29, 1.82) is 0 Å². The normalized spacial score (nSPS) is 20.6. The van der Waals surface area contributed by atoms with Crippen LogP contribution in [-0.4, -0.2) is 65.6 Å². The number of piperazine rings is 1. The number of hydrogen-bond donors (Lipinski definition) is 1. The number of hydrogen-bond acceptors (Lipinski definition) is 5. The maximum absolute atomic E-state index is 13.3. The van der Waals surface area contributed by atoms with E-state index in [2.05, 4.69) is 0 Å². The molecule has 8 heteroatoms. The molecular weight excluding hydrogens is 440 g/mol. The lowest BCUT2D eigenvalue weighted by Gasteiger charge is -2.39. The maximum atomic E-state index is 13.3. The van der Waals surface area contributed by atoms with Crippen molar-refractivity contribution < 1.29 is 14.3 Å². The average molecular weight is 473 g/mol. The summed E-state index contributed by atoms with van der Waals surface area (Å²) in [4.78, 5) is 33.9. The number of aromatic nitrogens is 1. The standard InChI is InChI=1S/C25H33ClN4O3/c1-3-12-33-25(32)29-10-11-30(16(2)15-29)24(31)18-5-6-19-22(14-18)28-21-7-4-17(8-9-27)13-20(21)23(19)26/h5-6,14,16-17H,3-4,7-13,15,27H2,1-2H3/t16-,17?/m0/s1. The van der Waals surface area contributed by atoms with Crippen LogP contribution < -0.4 is 5.73 Å². The molecule has 2 aliphatic rings. The summed E-state index contributed by atoms with van der Waals surface area (Å²) in [6.45, 7) is 6.43. The number of nitrogens with two attached hydrogens (primary N) is 1. The molecule has 0 spiro atoms. The molecule has 1 fully saturated rings. The quantitative estimate of drug-likeness (QED) is 0.709. The Hall–Kier alpha value is -2.38. The average Bonchev–Trinajstić information content (AvgIpc) is 2.82. The second kappa shape index (κ2) is 10.3. The van der Waals surface area contributed by atoms with Gasteiger partial charge in [0.2, 0.25) is 0 Å². The third-order valence-electron chi connectivity index (χ3n) is 6.78. The summed E-state index contributed by atoms with van der Waals surface area (Å²) in [7, 11) is 0. The van der Waals surface area contributed by atoms with Gasteiger partial charge in [0.15, 0.2) is 0 Å². The summed E-state index contributed by atoms with van der Waals surface area (Å²) in [5.74, 6) is 0.504. The van der Waals surface area contributed by atoms with E-state index in [-0.39, 0.29) is 18.0 Å². The molecule has 33 heavy (non-hydrogen) atoms. The van der Waals surface area contributed by atoms with E-state index in [1.165, 1.54) is 0 Å². The molecule has 1 aliphatic heterocycles. The predicted octanol–water partition coefficient (Wildman–Crippen LogP) is 4.03. The zero-order valence-corrected chi connectivity index (χ0v) is 20.2. The first-order valence-electron chi connectivity index (χ1n) is 12.0. The van der Waals surface area contributed by atoms with Crippen molar-refractivity contribution in [1.82, 2.24) is 14.8 Å². The first-order valence-corrected chi connectivity index (χ1v) is 12.3. The SMILES string of the molecule is CCCOC(=O)N1CCN(C(=O)c2ccc3c(Cl)c4c(nc3c2)CCC(CCN)C4)[C@@H](C)C1. The van der Waals surface area contributed by atoms with Crippen LogP contribution in [0.15, 0.2) is 18.2 Å². The number of ether oxygens (including phenoxy) is 1. The Balaban J connectivity index is 1.51. The fourth-order valence-electron chi connectivity index (χ4n) is 4.94. The van der Waals surface area contributed by atoms with Crippen LogP contribution in [0.4, 0.5) is 4.79 Å². The molecule has 178 valence electrons. The Bertz CT molecular complexity index is 1040. The number of benzene rings is 1. The smallest absolute Gasteiger partial charge is 0.409 e. The number of amides is 2. The number of nitrogens with zero attached hydrogens (tertiary/aromatic N) is 3. The van der Waals surface area contributed by atoms with E-state index in [1.807, 2.05) is 36.9 Å². The van der Waals surface area contributed by atoms with Crippen LogP contribution in [0, 0.1) is 5.92 Å². The van der Waals surface area contributed by atoms with E-state index < -0.39 is 0 Å². The minimum atomic E-state index is -0.307. The van der Waals surface area contributed by atoms with Crippen molar-refractivity contribution >= 4 is 34.5 Å². The zero-order valence-electron chi connectivity index (χ0n) is 19.5. The van der Waals surface area contributed by atoms with Gasteiger partial charge in [-0.05, 0) is 69.2 Å². The van der Waals surface area contributed by atoms with E-state index in [1.54, 1.807) is 4.90 Å². The molecule has 2 heterocycles. The molecular formula is C25H33ClN4O3. The molecule has 2 amide bonds. The lowest BCUT2D eigenvalue weighted by Crippen LogP contribution is -2.55. The highest BCUT2D eigenvalue weighted by Crippen LogP contribution is 2.36. The van der Waals surface area contributed by atoms with E-state index in [9.17, 15) is 9.59 Å². The third kappa shape index (κ3) is 4.94. The van der Waals surface area contributed by atoms with Gasteiger partial charge in [0.1, 0.15) is 0 Å². The molecule has 0 saturated carbocycles. The monoisotopic (exact) mass is 472 g/mol. The molecule has 2 N–H and O–H groups in total. The summed E-state index contributed by atoms with van der Waals surface area (Å²) in [5.41, 5.74) is 9.28. The lowest BCUT2D eigenvalue weighted by atomic mass is 9.84. The second-order valence-electron chi connectivity index (χ2n) is 9.18. The van der Waals surface area contributed by atoms with Crippen molar-refractivity contribution in [3.63, 3.8) is 0 Å².